The smallest absolute Gasteiger partial charge is 0.256 e. The second kappa shape index (κ2) is 9.73. The topological polar surface area (TPSA) is 86.5 Å². The number of carbonyl (C=O) groups excluding carboxylic acids is 1. The van der Waals surface area contributed by atoms with E-state index in [2.05, 4.69) is 10.3 Å². The summed E-state index contributed by atoms with van der Waals surface area (Å²) >= 11 is 0. The van der Waals surface area contributed by atoms with Crippen molar-refractivity contribution >= 4 is 27.5 Å². The normalized spacial score (nSPS) is 10.2. The van der Waals surface area contributed by atoms with E-state index in [9.17, 15) is 4.79 Å². The van der Waals surface area contributed by atoms with Gasteiger partial charge in [-0.1, -0.05) is 21.6 Å². The highest BCUT2D eigenvalue weighted by atomic mass is 33.1. The number of ether oxygens (including phenoxy) is 2. The maximum absolute atomic E-state index is 12.0. The summed E-state index contributed by atoms with van der Waals surface area (Å²) in [6.07, 6.45) is 0. The molecule has 0 saturated heterocycles. The van der Waals surface area contributed by atoms with Crippen LogP contribution in [0.2, 0.25) is 0 Å². The van der Waals surface area contributed by atoms with Gasteiger partial charge in [0, 0.05) is 30.7 Å². The van der Waals surface area contributed by atoms with Crippen LogP contribution in [-0.2, 0) is 0 Å². The molecule has 20 heavy (non-hydrogen) atoms. The molecule has 0 unspecified atom stereocenters. The summed E-state index contributed by atoms with van der Waals surface area (Å²) in [5.41, 5.74) is 5.78. The van der Waals surface area contributed by atoms with E-state index in [0.717, 1.165) is 11.5 Å². The molecule has 112 valence electrons. The highest BCUT2D eigenvalue weighted by Gasteiger charge is 2.14. The number of rotatable bonds is 9. The van der Waals surface area contributed by atoms with E-state index >= 15 is 0 Å². The van der Waals surface area contributed by atoms with Gasteiger partial charge in [-0.2, -0.15) is 4.98 Å². The van der Waals surface area contributed by atoms with Crippen LogP contribution in [-0.4, -0.2) is 49.7 Å². The molecule has 1 aromatic heterocycles. The molecule has 0 spiro atoms. The van der Waals surface area contributed by atoms with Crippen LogP contribution in [0.1, 0.15) is 10.4 Å². The molecule has 0 bridgehead atoms. The van der Waals surface area contributed by atoms with Crippen molar-refractivity contribution in [3.63, 3.8) is 0 Å². The zero-order valence-electron chi connectivity index (χ0n) is 11.5. The largest absolute Gasteiger partial charge is 0.481 e. The lowest BCUT2D eigenvalue weighted by Crippen LogP contribution is -2.26. The van der Waals surface area contributed by atoms with Gasteiger partial charge in [0.1, 0.15) is 5.56 Å². The molecule has 0 fully saturated rings. The van der Waals surface area contributed by atoms with Crippen LogP contribution in [0.4, 0.5) is 0 Å². The van der Waals surface area contributed by atoms with Gasteiger partial charge in [0.25, 0.3) is 5.91 Å². The fourth-order valence-electron chi connectivity index (χ4n) is 1.33. The lowest BCUT2D eigenvalue weighted by atomic mass is 10.2. The van der Waals surface area contributed by atoms with Gasteiger partial charge < -0.3 is 20.5 Å². The predicted octanol–water partition coefficient (Wildman–Crippen LogP) is 1.17. The highest BCUT2D eigenvalue weighted by Crippen LogP contribution is 2.20. The molecule has 0 aliphatic rings. The SMILES string of the molecule is COc1ccc(C(=O)NCCSSCCN)c(OC)n1. The van der Waals surface area contributed by atoms with E-state index in [-0.39, 0.29) is 11.8 Å². The van der Waals surface area contributed by atoms with Crippen molar-refractivity contribution in [2.24, 2.45) is 5.73 Å². The first kappa shape index (κ1) is 16.9. The molecule has 0 aliphatic carbocycles. The van der Waals surface area contributed by atoms with Crippen molar-refractivity contribution in [2.75, 3.05) is 38.8 Å². The number of nitrogens with zero attached hydrogens (tertiary/aromatic N) is 1. The van der Waals surface area contributed by atoms with Gasteiger partial charge in [0.2, 0.25) is 11.8 Å². The van der Waals surface area contributed by atoms with Crippen molar-refractivity contribution < 1.29 is 14.3 Å². The average molecular weight is 317 g/mol. The molecule has 3 N–H and O–H groups in total. The van der Waals surface area contributed by atoms with E-state index in [0.29, 0.717) is 24.5 Å². The van der Waals surface area contributed by atoms with E-state index in [1.54, 1.807) is 33.7 Å². The van der Waals surface area contributed by atoms with Gasteiger partial charge in [-0.3, -0.25) is 4.79 Å². The van der Waals surface area contributed by atoms with Gasteiger partial charge in [-0.25, -0.2) is 0 Å². The second-order valence-corrected chi connectivity index (χ2v) is 6.30. The lowest BCUT2D eigenvalue weighted by molar-refractivity contribution is 0.0952. The number of amides is 1. The highest BCUT2D eigenvalue weighted by molar-refractivity contribution is 8.76. The molecule has 1 heterocycles. The van der Waals surface area contributed by atoms with E-state index < -0.39 is 0 Å². The Morgan fingerprint density at radius 1 is 1.30 bits per heavy atom. The predicted molar refractivity (Wildman–Crippen MR) is 83.6 cm³/mol. The minimum absolute atomic E-state index is 0.207. The molecule has 1 amide bonds. The van der Waals surface area contributed by atoms with E-state index in [1.165, 1.54) is 14.2 Å². The average Bonchev–Trinajstić information content (AvgIpc) is 2.49. The standard InChI is InChI=1S/C12H19N3O3S2/c1-17-10-4-3-9(12(15-10)18-2)11(16)14-6-8-20-19-7-5-13/h3-4H,5-8,13H2,1-2H3,(H,14,16). The van der Waals surface area contributed by atoms with Gasteiger partial charge in [0.05, 0.1) is 14.2 Å². The fraction of sp³-hybridized carbons (Fsp3) is 0.500. The Morgan fingerprint density at radius 3 is 2.70 bits per heavy atom. The van der Waals surface area contributed by atoms with Gasteiger partial charge in [0.15, 0.2) is 0 Å². The molecule has 0 atom stereocenters. The summed E-state index contributed by atoms with van der Waals surface area (Å²) in [5.74, 6) is 2.19. The summed E-state index contributed by atoms with van der Waals surface area (Å²) in [7, 11) is 6.37. The Balaban J connectivity index is 2.46. The van der Waals surface area contributed by atoms with Crippen LogP contribution in [0, 0.1) is 0 Å². The number of methoxy groups -OCH3 is 2. The zero-order valence-corrected chi connectivity index (χ0v) is 13.2. The Morgan fingerprint density at radius 2 is 2.05 bits per heavy atom. The number of hydrogen-bond acceptors (Lipinski definition) is 7. The molecular weight excluding hydrogens is 298 g/mol. The van der Waals surface area contributed by atoms with Crippen molar-refractivity contribution in [1.29, 1.82) is 0 Å². The quantitative estimate of drug-likeness (QED) is 0.522. The Kier molecular flexibility index (Phi) is 8.24. The minimum atomic E-state index is -0.207. The van der Waals surface area contributed by atoms with Crippen LogP contribution in [0.25, 0.3) is 0 Å². The van der Waals surface area contributed by atoms with Gasteiger partial charge >= 0.3 is 0 Å². The fourth-order valence-corrected chi connectivity index (χ4v) is 3.10. The van der Waals surface area contributed by atoms with Crippen molar-refractivity contribution in [3.8, 4) is 11.8 Å². The van der Waals surface area contributed by atoms with Crippen LogP contribution >= 0.6 is 21.6 Å². The molecule has 0 saturated carbocycles. The maximum atomic E-state index is 12.0. The first-order valence-corrected chi connectivity index (χ1v) is 8.53. The summed E-state index contributed by atoms with van der Waals surface area (Å²) in [5, 5.41) is 2.82. The first-order chi connectivity index (χ1) is 9.72. The number of hydrogen-bond donors (Lipinski definition) is 2. The Bertz CT molecular complexity index is 432. The molecule has 0 aromatic carbocycles. The summed E-state index contributed by atoms with van der Waals surface area (Å²) < 4.78 is 10.1. The summed E-state index contributed by atoms with van der Waals surface area (Å²) in [6, 6.07) is 3.26. The van der Waals surface area contributed by atoms with Gasteiger partial charge in [-0.15, -0.1) is 0 Å². The minimum Gasteiger partial charge on any atom is -0.481 e. The monoisotopic (exact) mass is 317 g/mol. The van der Waals surface area contributed by atoms with Gasteiger partial charge in [-0.05, 0) is 6.07 Å². The molecule has 1 aromatic rings. The lowest BCUT2D eigenvalue weighted by Gasteiger charge is -2.09. The number of nitrogens with two attached hydrogens (primary N) is 1. The van der Waals surface area contributed by atoms with Crippen molar-refractivity contribution in [1.82, 2.24) is 10.3 Å². The Hall–Kier alpha value is -1.12. The molecule has 0 aliphatic heterocycles. The molecule has 0 radical (unpaired) electrons. The summed E-state index contributed by atoms with van der Waals surface area (Å²) in [4.78, 5) is 16.1. The number of carbonyl (C=O) groups is 1. The van der Waals surface area contributed by atoms with Crippen LogP contribution < -0.4 is 20.5 Å². The first-order valence-electron chi connectivity index (χ1n) is 6.04. The van der Waals surface area contributed by atoms with Crippen molar-refractivity contribution in [3.05, 3.63) is 17.7 Å². The van der Waals surface area contributed by atoms with E-state index in [1.807, 2.05) is 0 Å². The zero-order chi connectivity index (χ0) is 14.8. The van der Waals surface area contributed by atoms with E-state index in [4.69, 9.17) is 15.2 Å². The maximum Gasteiger partial charge on any atom is 0.256 e. The molecule has 1 rings (SSSR count). The number of aromatic nitrogens is 1. The van der Waals surface area contributed by atoms with Crippen LogP contribution in [0.3, 0.4) is 0 Å². The second-order valence-electron chi connectivity index (χ2n) is 3.60. The molecule has 6 nitrogen and oxygen atoms in total. The number of pyridine rings is 1. The third-order valence-electron chi connectivity index (χ3n) is 2.24. The third kappa shape index (κ3) is 5.48. The molecule has 8 heteroatoms. The summed E-state index contributed by atoms with van der Waals surface area (Å²) in [6.45, 7) is 1.25. The number of nitrogens with one attached hydrogen (secondary N) is 1. The third-order valence-corrected chi connectivity index (χ3v) is 4.68. The van der Waals surface area contributed by atoms with Crippen LogP contribution in [0.5, 0.6) is 11.8 Å². The Labute approximate surface area is 126 Å². The van der Waals surface area contributed by atoms with Crippen molar-refractivity contribution in [2.45, 2.75) is 0 Å². The van der Waals surface area contributed by atoms with Crippen LogP contribution in [0.15, 0.2) is 12.1 Å². The molecular formula is C12H19N3O3S2.